The predicted octanol–water partition coefficient (Wildman–Crippen LogP) is 4.34. The molecular weight excluding hydrogens is 182 g/mol. The lowest BCUT2D eigenvalue weighted by Crippen LogP contribution is -1.92. The summed E-state index contributed by atoms with van der Waals surface area (Å²) < 4.78 is 25.2. The maximum atomic E-state index is 12.6. The summed E-state index contributed by atoms with van der Waals surface area (Å²) in [5.74, 6) is 0.242. The maximum Gasteiger partial charge on any atom is 0.274 e. The van der Waals surface area contributed by atoms with Crippen LogP contribution in [0.5, 0.6) is 0 Å². The molecule has 0 spiro atoms. The van der Waals surface area contributed by atoms with Crippen molar-refractivity contribution >= 4 is 5.57 Å². The second-order valence-corrected chi connectivity index (χ2v) is 3.70. The Morgan fingerprint density at radius 1 is 1.14 bits per heavy atom. The molecule has 0 bridgehead atoms. The van der Waals surface area contributed by atoms with Gasteiger partial charge in [0.05, 0.1) is 0 Å². The summed E-state index contributed by atoms with van der Waals surface area (Å²) in [6, 6.07) is 8.82. The number of hydrogen-bond donors (Lipinski definition) is 0. The van der Waals surface area contributed by atoms with Gasteiger partial charge in [-0.15, -0.1) is 0 Å². The monoisotopic (exact) mass is 196 g/mol. The third-order valence-electron chi connectivity index (χ3n) is 1.96. The maximum absolute atomic E-state index is 12.6. The molecule has 1 rings (SSSR count). The Labute approximate surface area is 83.3 Å². The second kappa shape index (κ2) is 4.89. The summed E-state index contributed by atoms with van der Waals surface area (Å²) in [7, 11) is 0. The molecule has 0 unspecified atom stereocenters. The molecule has 2 heteroatoms. The van der Waals surface area contributed by atoms with Crippen LogP contribution in [0.2, 0.25) is 0 Å². The zero-order valence-corrected chi connectivity index (χ0v) is 8.43. The van der Waals surface area contributed by atoms with Crippen molar-refractivity contribution in [3.05, 3.63) is 42.0 Å². The largest absolute Gasteiger partial charge is 0.274 e. The highest BCUT2D eigenvalue weighted by molar-refractivity contribution is 5.66. The highest BCUT2D eigenvalue weighted by Gasteiger charge is 2.10. The van der Waals surface area contributed by atoms with E-state index in [-0.39, 0.29) is 11.5 Å². The Morgan fingerprint density at radius 2 is 1.71 bits per heavy atom. The average Bonchev–Trinajstić information content (AvgIpc) is 2.15. The summed E-state index contributed by atoms with van der Waals surface area (Å²) in [5, 5.41) is 0. The van der Waals surface area contributed by atoms with Crippen LogP contribution < -0.4 is 0 Å². The molecule has 0 heterocycles. The number of allylic oxidation sites excluding steroid dienone is 1. The number of hydrogen-bond acceptors (Lipinski definition) is 0. The van der Waals surface area contributed by atoms with Crippen LogP contribution in [0.15, 0.2) is 36.4 Å². The molecule has 0 amide bonds. The molecule has 0 aliphatic heterocycles. The Bertz CT molecular complexity index is 308. The van der Waals surface area contributed by atoms with E-state index in [9.17, 15) is 8.78 Å². The van der Waals surface area contributed by atoms with Crippen molar-refractivity contribution < 1.29 is 8.78 Å². The van der Waals surface area contributed by atoms with Gasteiger partial charge in [0.15, 0.2) is 0 Å². The van der Waals surface area contributed by atoms with Crippen molar-refractivity contribution in [3.8, 4) is 0 Å². The molecule has 0 aliphatic rings. The Morgan fingerprint density at radius 3 is 2.14 bits per heavy atom. The van der Waals surface area contributed by atoms with Gasteiger partial charge >= 0.3 is 0 Å². The molecule has 0 aromatic heterocycles. The van der Waals surface area contributed by atoms with E-state index in [0.29, 0.717) is 12.0 Å². The average molecular weight is 196 g/mol. The molecule has 1 aromatic rings. The lowest BCUT2D eigenvalue weighted by molar-refractivity contribution is 0.420. The molecule has 0 radical (unpaired) electrons. The molecule has 0 saturated carbocycles. The molecule has 0 nitrogen and oxygen atoms in total. The van der Waals surface area contributed by atoms with Crippen LogP contribution in [-0.4, -0.2) is 0 Å². The standard InChI is InChI=1S/C12H14F2/c1-9(2)8-11(12(13)14)10-6-4-3-5-7-10/h3-7,9H,8H2,1-2H3. The van der Waals surface area contributed by atoms with Crippen molar-refractivity contribution in [3.63, 3.8) is 0 Å². The molecule has 76 valence electrons. The molecular formula is C12H14F2. The third-order valence-corrected chi connectivity index (χ3v) is 1.96. The quantitative estimate of drug-likeness (QED) is 0.674. The van der Waals surface area contributed by atoms with Gasteiger partial charge in [-0.05, 0) is 17.9 Å². The van der Waals surface area contributed by atoms with Crippen LogP contribution in [0.1, 0.15) is 25.8 Å². The highest BCUT2D eigenvalue weighted by atomic mass is 19.3. The molecule has 0 aliphatic carbocycles. The lowest BCUT2D eigenvalue weighted by Gasteiger charge is -2.08. The van der Waals surface area contributed by atoms with E-state index in [2.05, 4.69) is 0 Å². The summed E-state index contributed by atoms with van der Waals surface area (Å²) in [6.45, 7) is 3.87. The van der Waals surface area contributed by atoms with E-state index in [0.717, 1.165) is 0 Å². The normalized spacial score (nSPS) is 10.4. The van der Waals surface area contributed by atoms with Crippen LogP contribution in [0.4, 0.5) is 8.78 Å². The summed E-state index contributed by atoms with van der Waals surface area (Å²) >= 11 is 0. The number of rotatable bonds is 3. The number of benzene rings is 1. The van der Waals surface area contributed by atoms with Gasteiger partial charge in [0, 0.05) is 5.57 Å². The third kappa shape index (κ3) is 2.95. The zero-order valence-electron chi connectivity index (χ0n) is 8.43. The van der Waals surface area contributed by atoms with Crippen LogP contribution in [0, 0.1) is 5.92 Å². The molecule has 0 saturated heterocycles. The van der Waals surface area contributed by atoms with Crippen LogP contribution >= 0.6 is 0 Å². The Hall–Kier alpha value is -1.18. The van der Waals surface area contributed by atoms with E-state index in [4.69, 9.17) is 0 Å². The minimum Gasteiger partial charge on any atom is -0.173 e. The first-order valence-corrected chi connectivity index (χ1v) is 4.71. The van der Waals surface area contributed by atoms with Crippen molar-refractivity contribution in [2.24, 2.45) is 5.92 Å². The first kappa shape index (κ1) is 10.9. The smallest absolute Gasteiger partial charge is 0.173 e. The molecule has 1 aromatic carbocycles. The van der Waals surface area contributed by atoms with E-state index >= 15 is 0 Å². The van der Waals surface area contributed by atoms with Crippen molar-refractivity contribution in [1.82, 2.24) is 0 Å². The number of halogens is 2. The Balaban J connectivity index is 2.97. The van der Waals surface area contributed by atoms with Gasteiger partial charge in [0.1, 0.15) is 0 Å². The van der Waals surface area contributed by atoms with Crippen molar-refractivity contribution in [1.29, 1.82) is 0 Å². The topological polar surface area (TPSA) is 0 Å². The van der Waals surface area contributed by atoms with Gasteiger partial charge in [0.25, 0.3) is 6.08 Å². The van der Waals surface area contributed by atoms with Gasteiger partial charge in [-0.3, -0.25) is 0 Å². The van der Waals surface area contributed by atoms with Gasteiger partial charge < -0.3 is 0 Å². The fourth-order valence-corrected chi connectivity index (χ4v) is 1.35. The SMILES string of the molecule is CC(C)CC(=C(F)F)c1ccccc1. The minimum atomic E-state index is -1.56. The molecule has 0 N–H and O–H groups in total. The van der Waals surface area contributed by atoms with Gasteiger partial charge in [0.2, 0.25) is 0 Å². The highest BCUT2D eigenvalue weighted by Crippen LogP contribution is 2.27. The van der Waals surface area contributed by atoms with E-state index in [1.165, 1.54) is 0 Å². The first-order chi connectivity index (χ1) is 6.61. The lowest BCUT2D eigenvalue weighted by atomic mass is 9.97. The molecule has 0 atom stereocenters. The van der Waals surface area contributed by atoms with Gasteiger partial charge in [-0.2, -0.15) is 8.78 Å². The van der Waals surface area contributed by atoms with E-state index < -0.39 is 6.08 Å². The molecule has 14 heavy (non-hydrogen) atoms. The van der Waals surface area contributed by atoms with E-state index in [1.54, 1.807) is 24.3 Å². The zero-order chi connectivity index (χ0) is 10.6. The van der Waals surface area contributed by atoms with Crippen molar-refractivity contribution in [2.75, 3.05) is 0 Å². The first-order valence-electron chi connectivity index (χ1n) is 4.71. The summed E-state index contributed by atoms with van der Waals surface area (Å²) in [6.07, 6.45) is -1.14. The Kier molecular flexibility index (Phi) is 3.81. The molecule has 0 fully saturated rings. The van der Waals surface area contributed by atoms with Crippen LogP contribution in [0.25, 0.3) is 5.57 Å². The van der Waals surface area contributed by atoms with Gasteiger partial charge in [-0.1, -0.05) is 44.2 Å². The van der Waals surface area contributed by atoms with Crippen LogP contribution in [-0.2, 0) is 0 Å². The minimum absolute atomic E-state index is 0.167. The van der Waals surface area contributed by atoms with E-state index in [1.807, 2.05) is 19.9 Å². The second-order valence-electron chi connectivity index (χ2n) is 3.70. The predicted molar refractivity (Wildman–Crippen MR) is 55.0 cm³/mol. The fourth-order valence-electron chi connectivity index (χ4n) is 1.35. The van der Waals surface area contributed by atoms with Gasteiger partial charge in [-0.25, -0.2) is 0 Å². The fraction of sp³-hybridized carbons (Fsp3) is 0.333. The van der Waals surface area contributed by atoms with Crippen molar-refractivity contribution in [2.45, 2.75) is 20.3 Å². The summed E-state index contributed by atoms with van der Waals surface area (Å²) in [4.78, 5) is 0. The summed E-state index contributed by atoms with van der Waals surface area (Å²) in [5.41, 5.74) is 0.793. The van der Waals surface area contributed by atoms with Crippen LogP contribution in [0.3, 0.4) is 0 Å².